The number of amides is 1. The maximum atomic E-state index is 13.3. The fourth-order valence-electron chi connectivity index (χ4n) is 3.09. The lowest BCUT2D eigenvalue weighted by Gasteiger charge is -2.24. The van der Waals surface area contributed by atoms with Gasteiger partial charge in [0.05, 0.1) is 15.5 Å². The standard InChI is InChI=1S/C23H21Cl2N3O5S2/c24-21-10-5-11-22(25)20(21)16-34-13-12-26-23(29)15-27(17-6-4-7-18(14-17)28(30)31)35(32,33)19-8-2-1-3-9-19/h1-11,14H,12-13,15-16H2,(H,26,29). The molecule has 184 valence electrons. The Morgan fingerprint density at radius 3 is 2.31 bits per heavy atom. The molecule has 1 amide bonds. The molecule has 1 N–H and O–H groups in total. The van der Waals surface area contributed by atoms with Crippen molar-refractivity contribution in [1.82, 2.24) is 5.32 Å². The van der Waals surface area contributed by atoms with Crippen molar-refractivity contribution in [3.05, 3.63) is 98.5 Å². The molecule has 0 atom stereocenters. The van der Waals surface area contributed by atoms with E-state index in [9.17, 15) is 23.3 Å². The highest BCUT2D eigenvalue weighted by atomic mass is 35.5. The van der Waals surface area contributed by atoms with Gasteiger partial charge in [-0.1, -0.05) is 53.5 Å². The highest BCUT2D eigenvalue weighted by Crippen LogP contribution is 2.28. The highest BCUT2D eigenvalue weighted by molar-refractivity contribution is 7.98. The molecule has 3 rings (SSSR count). The van der Waals surface area contributed by atoms with Gasteiger partial charge in [-0.2, -0.15) is 11.8 Å². The van der Waals surface area contributed by atoms with Crippen LogP contribution < -0.4 is 9.62 Å². The summed E-state index contributed by atoms with van der Waals surface area (Å²) < 4.78 is 27.4. The summed E-state index contributed by atoms with van der Waals surface area (Å²) >= 11 is 13.8. The Morgan fingerprint density at radius 2 is 1.66 bits per heavy atom. The van der Waals surface area contributed by atoms with E-state index in [1.165, 1.54) is 42.1 Å². The number of rotatable bonds is 11. The molecule has 0 aliphatic heterocycles. The summed E-state index contributed by atoms with van der Waals surface area (Å²) in [4.78, 5) is 23.2. The monoisotopic (exact) mass is 553 g/mol. The number of non-ortho nitro benzene ring substituents is 1. The van der Waals surface area contributed by atoms with Crippen molar-refractivity contribution in [3.8, 4) is 0 Å². The van der Waals surface area contributed by atoms with E-state index in [0.717, 1.165) is 15.9 Å². The molecule has 0 bridgehead atoms. The summed E-state index contributed by atoms with van der Waals surface area (Å²) in [6.07, 6.45) is 0. The zero-order valence-corrected chi connectivity index (χ0v) is 21.4. The van der Waals surface area contributed by atoms with Crippen molar-refractivity contribution in [2.75, 3.05) is 23.1 Å². The Kier molecular flexibility index (Phi) is 9.39. The lowest BCUT2D eigenvalue weighted by molar-refractivity contribution is -0.384. The molecule has 0 aliphatic rings. The quantitative estimate of drug-likeness (QED) is 0.200. The summed E-state index contributed by atoms with van der Waals surface area (Å²) in [5, 5.41) is 15.0. The molecule has 0 unspecified atom stereocenters. The first-order chi connectivity index (χ1) is 16.7. The minimum atomic E-state index is -4.16. The predicted octanol–water partition coefficient (Wildman–Crippen LogP) is 5.15. The van der Waals surface area contributed by atoms with E-state index in [4.69, 9.17) is 23.2 Å². The summed E-state index contributed by atoms with van der Waals surface area (Å²) in [5.74, 6) is 0.541. The van der Waals surface area contributed by atoms with Gasteiger partial charge in [0.15, 0.2) is 0 Å². The summed E-state index contributed by atoms with van der Waals surface area (Å²) in [6.45, 7) is -0.265. The van der Waals surface area contributed by atoms with Crippen molar-refractivity contribution in [1.29, 1.82) is 0 Å². The molecule has 0 saturated carbocycles. The summed E-state index contributed by atoms with van der Waals surface area (Å²) in [7, 11) is -4.16. The molecule has 35 heavy (non-hydrogen) atoms. The molecular formula is C23H21Cl2N3O5S2. The zero-order chi connectivity index (χ0) is 25.4. The Balaban J connectivity index is 1.69. The minimum absolute atomic E-state index is 0.0148. The molecule has 3 aromatic rings. The third kappa shape index (κ3) is 7.11. The molecule has 0 aliphatic carbocycles. The fourth-order valence-corrected chi connectivity index (χ4v) is 6.12. The van der Waals surface area contributed by atoms with Crippen LogP contribution in [0.15, 0.2) is 77.7 Å². The first kappa shape index (κ1) is 26.8. The van der Waals surface area contributed by atoms with Gasteiger partial charge in [0, 0.05) is 40.2 Å². The second kappa shape index (κ2) is 12.3. The number of thioether (sulfide) groups is 1. The molecule has 12 heteroatoms. The highest BCUT2D eigenvalue weighted by Gasteiger charge is 2.28. The number of halogens is 2. The molecule has 0 saturated heterocycles. The first-order valence-corrected chi connectivity index (χ1v) is 13.6. The molecule has 0 radical (unpaired) electrons. The molecule has 0 spiro atoms. The molecule has 3 aromatic carbocycles. The number of nitrogens with one attached hydrogen (secondary N) is 1. The molecular weight excluding hydrogens is 533 g/mol. The van der Waals surface area contributed by atoms with Gasteiger partial charge < -0.3 is 5.32 Å². The van der Waals surface area contributed by atoms with Crippen LogP contribution in [0.1, 0.15) is 5.56 Å². The fraction of sp³-hybridized carbons (Fsp3) is 0.174. The summed E-state index contributed by atoms with van der Waals surface area (Å²) in [6, 6.07) is 18.0. The van der Waals surface area contributed by atoms with Crippen LogP contribution in [-0.2, 0) is 20.6 Å². The van der Waals surface area contributed by atoms with Gasteiger partial charge in [0.2, 0.25) is 5.91 Å². The number of nitro groups is 1. The van der Waals surface area contributed by atoms with Crippen molar-refractivity contribution >= 4 is 62.3 Å². The van der Waals surface area contributed by atoms with Crippen LogP contribution in [0.3, 0.4) is 0 Å². The topological polar surface area (TPSA) is 110 Å². The van der Waals surface area contributed by atoms with Crippen LogP contribution >= 0.6 is 35.0 Å². The average molecular weight is 554 g/mol. The maximum absolute atomic E-state index is 13.3. The van der Waals surface area contributed by atoms with Crippen LogP contribution in [0.5, 0.6) is 0 Å². The molecule has 8 nitrogen and oxygen atoms in total. The van der Waals surface area contributed by atoms with Gasteiger partial charge in [-0.15, -0.1) is 0 Å². The SMILES string of the molecule is O=C(CN(c1cccc([N+](=O)[O-])c1)S(=O)(=O)c1ccccc1)NCCSCc1c(Cl)cccc1Cl. The predicted molar refractivity (Wildman–Crippen MR) is 140 cm³/mol. The van der Waals surface area contributed by atoms with E-state index in [0.29, 0.717) is 21.6 Å². The normalized spacial score (nSPS) is 11.1. The summed E-state index contributed by atoms with van der Waals surface area (Å²) in [5.41, 5.74) is 0.532. The second-order valence-corrected chi connectivity index (χ2v) is 11.0. The van der Waals surface area contributed by atoms with Crippen LogP contribution in [0.25, 0.3) is 0 Å². The number of carbonyl (C=O) groups excluding carboxylic acids is 1. The third-order valence-corrected chi connectivity index (χ3v) is 8.31. The largest absolute Gasteiger partial charge is 0.354 e. The van der Waals surface area contributed by atoms with E-state index in [-0.39, 0.29) is 22.8 Å². The van der Waals surface area contributed by atoms with E-state index in [1.54, 1.807) is 36.4 Å². The van der Waals surface area contributed by atoms with Gasteiger partial charge in [0.25, 0.3) is 15.7 Å². The number of benzene rings is 3. The number of sulfonamides is 1. The van der Waals surface area contributed by atoms with Gasteiger partial charge in [-0.3, -0.25) is 19.2 Å². The van der Waals surface area contributed by atoms with Crippen molar-refractivity contribution < 1.29 is 18.1 Å². The van der Waals surface area contributed by atoms with E-state index >= 15 is 0 Å². The number of hydrogen-bond acceptors (Lipinski definition) is 6. The zero-order valence-electron chi connectivity index (χ0n) is 18.3. The van der Waals surface area contributed by atoms with Crippen LogP contribution in [0, 0.1) is 10.1 Å². The first-order valence-electron chi connectivity index (χ1n) is 10.3. The van der Waals surface area contributed by atoms with Crippen molar-refractivity contribution in [3.63, 3.8) is 0 Å². The number of nitro benzene ring substituents is 1. The van der Waals surface area contributed by atoms with E-state index < -0.39 is 27.4 Å². The van der Waals surface area contributed by atoms with Gasteiger partial charge >= 0.3 is 0 Å². The lowest BCUT2D eigenvalue weighted by Crippen LogP contribution is -2.41. The molecule has 0 aromatic heterocycles. The minimum Gasteiger partial charge on any atom is -0.354 e. The van der Waals surface area contributed by atoms with Gasteiger partial charge in [-0.25, -0.2) is 8.42 Å². The van der Waals surface area contributed by atoms with Crippen LogP contribution in [-0.4, -0.2) is 38.1 Å². The smallest absolute Gasteiger partial charge is 0.271 e. The maximum Gasteiger partial charge on any atom is 0.271 e. The third-order valence-electron chi connectivity index (χ3n) is 4.82. The Hall–Kier alpha value is -2.79. The van der Waals surface area contributed by atoms with E-state index in [2.05, 4.69) is 5.32 Å². The van der Waals surface area contributed by atoms with E-state index in [1.807, 2.05) is 0 Å². The molecule has 0 fully saturated rings. The van der Waals surface area contributed by atoms with Crippen molar-refractivity contribution in [2.24, 2.45) is 0 Å². The Bertz CT molecular complexity index is 1290. The Labute approximate surface area is 217 Å². The van der Waals surface area contributed by atoms with Crippen LogP contribution in [0.4, 0.5) is 11.4 Å². The average Bonchev–Trinajstić information content (AvgIpc) is 2.84. The number of carbonyl (C=O) groups is 1. The van der Waals surface area contributed by atoms with Gasteiger partial charge in [-0.05, 0) is 35.9 Å². The number of nitrogens with zero attached hydrogens (tertiary/aromatic N) is 2. The van der Waals surface area contributed by atoms with Gasteiger partial charge in [0.1, 0.15) is 6.54 Å². The number of anilines is 1. The van der Waals surface area contributed by atoms with Crippen LogP contribution in [0.2, 0.25) is 10.0 Å². The Morgan fingerprint density at radius 1 is 1.00 bits per heavy atom. The second-order valence-electron chi connectivity index (χ2n) is 7.20. The van der Waals surface area contributed by atoms with Crippen molar-refractivity contribution in [2.45, 2.75) is 10.6 Å². The lowest BCUT2D eigenvalue weighted by atomic mass is 10.2. The molecule has 0 heterocycles. The number of hydrogen-bond donors (Lipinski definition) is 1.